The van der Waals surface area contributed by atoms with Gasteiger partial charge in [0, 0.05) is 23.7 Å². The van der Waals surface area contributed by atoms with Crippen molar-refractivity contribution in [2.45, 2.75) is 38.1 Å². The molecule has 0 amide bonds. The standard InChI is InChI=1S/C9H13ClN2/c1-2-12-9(7-3-4-7)8(5-10)6-11-12/h6-7H,2-5H2,1H3. The summed E-state index contributed by atoms with van der Waals surface area (Å²) in [6, 6.07) is 0. The van der Waals surface area contributed by atoms with E-state index in [-0.39, 0.29) is 0 Å². The number of hydrogen-bond acceptors (Lipinski definition) is 1. The second-order valence-corrected chi connectivity index (χ2v) is 3.55. The number of rotatable bonds is 3. The maximum atomic E-state index is 5.82. The van der Waals surface area contributed by atoms with Crippen LogP contribution in [0.5, 0.6) is 0 Å². The van der Waals surface area contributed by atoms with Crippen LogP contribution in [0.15, 0.2) is 6.20 Å². The molecule has 0 spiro atoms. The molecule has 0 saturated heterocycles. The molecule has 1 aromatic heterocycles. The van der Waals surface area contributed by atoms with Crippen molar-refractivity contribution in [1.29, 1.82) is 0 Å². The van der Waals surface area contributed by atoms with Gasteiger partial charge >= 0.3 is 0 Å². The Labute approximate surface area is 77.5 Å². The van der Waals surface area contributed by atoms with Crippen LogP contribution >= 0.6 is 11.6 Å². The third kappa shape index (κ3) is 1.24. The van der Waals surface area contributed by atoms with Crippen LogP contribution in [-0.2, 0) is 12.4 Å². The van der Waals surface area contributed by atoms with Crippen molar-refractivity contribution in [1.82, 2.24) is 9.78 Å². The van der Waals surface area contributed by atoms with E-state index in [4.69, 9.17) is 11.6 Å². The van der Waals surface area contributed by atoms with Crippen LogP contribution in [0, 0.1) is 0 Å². The van der Waals surface area contributed by atoms with Crippen LogP contribution in [0.2, 0.25) is 0 Å². The van der Waals surface area contributed by atoms with Crippen LogP contribution in [0.25, 0.3) is 0 Å². The van der Waals surface area contributed by atoms with E-state index in [1.165, 1.54) is 24.1 Å². The van der Waals surface area contributed by atoms with Crippen molar-refractivity contribution < 1.29 is 0 Å². The van der Waals surface area contributed by atoms with Crippen molar-refractivity contribution in [2.24, 2.45) is 0 Å². The quantitative estimate of drug-likeness (QED) is 0.661. The van der Waals surface area contributed by atoms with Gasteiger partial charge in [-0.2, -0.15) is 5.10 Å². The Balaban J connectivity index is 2.36. The summed E-state index contributed by atoms with van der Waals surface area (Å²) in [5, 5.41) is 4.30. The highest BCUT2D eigenvalue weighted by Crippen LogP contribution is 2.41. The molecule has 0 bridgehead atoms. The summed E-state index contributed by atoms with van der Waals surface area (Å²) >= 11 is 5.82. The molecule has 0 N–H and O–H groups in total. The molecule has 0 aromatic carbocycles. The topological polar surface area (TPSA) is 17.8 Å². The molecule has 1 heterocycles. The minimum absolute atomic E-state index is 0.603. The van der Waals surface area contributed by atoms with E-state index in [0.717, 1.165) is 12.5 Å². The van der Waals surface area contributed by atoms with E-state index in [1.807, 2.05) is 6.20 Å². The van der Waals surface area contributed by atoms with Crippen molar-refractivity contribution >= 4 is 11.6 Å². The number of hydrogen-bond donors (Lipinski definition) is 0. The van der Waals surface area contributed by atoms with Crippen molar-refractivity contribution in [2.75, 3.05) is 0 Å². The molecule has 1 aliphatic rings. The Bertz CT molecular complexity index is 255. The largest absolute Gasteiger partial charge is 0.269 e. The summed E-state index contributed by atoms with van der Waals surface area (Å²) in [7, 11) is 0. The maximum absolute atomic E-state index is 5.82. The third-order valence-corrected chi connectivity index (χ3v) is 2.66. The number of nitrogens with zero attached hydrogens (tertiary/aromatic N) is 2. The molecule has 1 aromatic rings. The number of halogens is 1. The first-order valence-electron chi connectivity index (χ1n) is 4.47. The molecule has 3 heteroatoms. The molecule has 1 fully saturated rings. The van der Waals surface area contributed by atoms with Gasteiger partial charge in [-0.3, -0.25) is 4.68 Å². The van der Waals surface area contributed by atoms with Gasteiger partial charge in [-0.25, -0.2) is 0 Å². The highest BCUT2D eigenvalue weighted by Gasteiger charge is 2.29. The summed E-state index contributed by atoms with van der Waals surface area (Å²) in [4.78, 5) is 0. The van der Waals surface area contributed by atoms with Gasteiger partial charge in [0.2, 0.25) is 0 Å². The normalized spacial score (nSPS) is 16.8. The molecule has 2 rings (SSSR count). The first-order chi connectivity index (χ1) is 5.86. The van der Waals surface area contributed by atoms with Gasteiger partial charge in [-0.05, 0) is 19.8 Å². The SMILES string of the molecule is CCn1ncc(CCl)c1C1CC1. The zero-order chi connectivity index (χ0) is 8.55. The van der Waals surface area contributed by atoms with Crippen molar-refractivity contribution in [3.05, 3.63) is 17.5 Å². The fourth-order valence-corrected chi connectivity index (χ4v) is 1.82. The highest BCUT2D eigenvalue weighted by molar-refractivity contribution is 6.17. The highest BCUT2D eigenvalue weighted by atomic mass is 35.5. The van der Waals surface area contributed by atoms with E-state index < -0.39 is 0 Å². The monoisotopic (exact) mass is 184 g/mol. The smallest absolute Gasteiger partial charge is 0.0536 e. The van der Waals surface area contributed by atoms with Crippen LogP contribution in [0.1, 0.15) is 36.9 Å². The lowest BCUT2D eigenvalue weighted by Crippen LogP contribution is -2.02. The minimum atomic E-state index is 0.603. The lowest BCUT2D eigenvalue weighted by molar-refractivity contribution is 0.622. The zero-order valence-corrected chi connectivity index (χ0v) is 8.01. The molecule has 0 aliphatic heterocycles. The minimum Gasteiger partial charge on any atom is -0.269 e. The number of aromatic nitrogens is 2. The van der Waals surface area contributed by atoms with E-state index in [0.29, 0.717) is 5.88 Å². The number of alkyl halides is 1. The average molecular weight is 185 g/mol. The Hall–Kier alpha value is -0.500. The average Bonchev–Trinajstić information content (AvgIpc) is 2.85. The fraction of sp³-hybridized carbons (Fsp3) is 0.667. The van der Waals surface area contributed by atoms with Crippen LogP contribution in [0.4, 0.5) is 0 Å². The fourth-order valence-electron chi connectivity index (χ4n) is 1.62. The molecule has 0 radical (unpaired) electrons. The van der Waals surface area contributed by atoms with Crippen molar-refractivity contribution in [3.63, 3.8) is 0 Å². The van der Waals surface area contributed by atoms with Gasteiger partial charge in [0.25, 0.3) is 0 Å². The predicted octanol–water partition coefficient (Wildman–Crippen LogP) is 2.52. The Morgan fingerprint density at radius 1 is 1.67 bits per heavy atom. The summed E-state index contributed by atoms with van der Waals surface area (Å²) in [6.45, 7) is 3.08. The molecular formula is C9H13ClN2. The molecular weight excluding hydrogens is 172 g/mol. The second-order valence-electron chi connectivity index (χ2n) is 3.28. The van der Waals surface area contributed by atoms with Gasteiger partial charge < -0.3 is 0 Å². The first-order valence-corrected chi connectivity index (χ1v) is 5.00. The van der Waals surface area contributed by atoms with Gasteiger partial charge in [0.15, 0.2) is 0 Å². The number of aryl methyl sites for hydroxylation is 1. The van der Waals surface area contributed by atoms with Crippen LogP contribution in [0.3, 0.4) is 0 Å². The van der Waals surface area contributed by atoms with Gasteiger partial charge in [0.1, 0.15) is 0 Å². The van der Waals surface area contributed by atoms with E-state index in [1.54, 1.807) is 0 Å². The Morgan fingerprint density at radius 3 is 2.92 bits per heavy atom. The Morgan fingerprint density at radius 2 is 2.42 bits per heavy atom. The van der Waals surface area contributed by atoms with Gasteiger partial charge in [-0.15, -0.1) is 11.6 Å². The summed E-state index contributed by atoms with van der Waals surface area (Å²) in [6.07, 6.45) is 4.54. The molecule has 0 atom stereocenters. The van der Waals surface area contributed by atoms with Crippen LogP contribution < -0.4 is 0 Å². The molecule has 1 aliphatic carbocycles. The molecule has 0 unspecified atom stereocenters. The third-order valence-electron chi connectivity index (χ3n) is 2.37. The van der Waals surface area contributed by atoms with E-state index in [2.05, 4.69) is 16.7 Å². The summed E-state index contributed by atoms with van der Waals surface area (Å²) in [5.74, 6) is 1.35. The molecule has 66 valence electrons. The summed E-state index contributed by atoms with van der Waals surface area (Å²) < 4.78 is 2.08. The van der Waals surface area contributed by atoms with Gasteiger partial charge in [-0.1, -0.05) is 0 Å². The maximum Gasteiger partial charge on any atom is 0.0536 e. The first kappa shape index (κ1) is 8.11. The van der Waals surface area contributed by atoms with Crippen molar-refractivity contribution in [3.8, 4) is 0 Å². The Kier molecular flexibility index (Phi) is 2.09. The second kappa shape index (κ2) is 3.09. The van der Waals surface area contributed by atoms with E-state index in [9.17, 15) is 0 Å². The lowest BCUT2D eigenvalue weighted by atomic mass is 10.2. The summed E-state index contributed by atoms with van der Waals surface area (Å²) in [5.41, 5.74) is 2.61. The zero-order valence-electron chi connectivity index (χ0n) is 7.26. The molecule has 12 heavy (non-hydrogen) atoms. The molecule has 1 saturated carbocycles. The molecule has 2 nitrogen and oxygen atoms in total. The lowest BCUT2D eigenvalue weighted by Gasteiger charge is -2.03. The van der Waals surface area contributed by atoms with E-state index >= 15 is 0 Å². The van der Waals surface area contributed by atoms with Crippen LogP contribution in [-0.4, -0.2) is 9.78 Å². The predicted molar refractivity (Wildman–Crippen MR) is 49.4 cm³/mol. The van der Waals surface area contributed by atoms with Gasteiger partial charge in [0.05, 0.1) is 12.1 Å².